The molecule has 0 N–H and O–H groups in total. The fourth-order valence-corrected chi connectivity index (χ4v) is 3.93. The number of nitrogens with zero attached hydrogens (tertiary/aromatic N) is 3. The Morgan fingerprint density at radius 2 is 1.81 bits per heavy atom. The first-order valence-corrected chi connectivity index (χ1v) is 9.20. The Labute approximate surface area is 157 Å². The van der Waals surface area contributed by atoms with Crippen LogP contribution in [-0.4, -0.2) is 66.0 Å². The van der Waals surface area contributed by atoms with Gasteiger partial charge in [0.2, 0.25) is 0 Å². The van der Waals surface area contributed by atoms with Gasteiger partial charge in [-0.3, -0.25) is 19.4 Å². The van der Waals surface area contributed by atoms with Crippen molar-refractivity contribution in [2.24, 2.45) is 0 Å². The van der Waals surface area contributed by atoms with Crippen LogP contribution in [0.15, 0.2) is 18.2 Å². The highest BCUT2D eigenvalue weighted by Crippen LogP contribution is 2.39. The predicted octanol–water partition coefficient (Wildman–Crippen LogP) is 1.75. The Bertz CT molecular complexity index is 792. The summed E-state index contributed by atoms with van der Waals surface area (Å²) < 4.78 is 10.8. The molecular weight excluding hydrogens is 350 g/mol. The molecule has 0 bridgehead atoms. The first-order valence-electron chi connectivity index (χ1n) is 9.20. The van der Waals surface area contributed by atoms with Crippen molar-refractivity contribution in [2.45, 2.75) is 37.8 Å². The van der Waals surface area contributed by atoms with E-state index in [4.69, 9.17) is 9.47 Å². The molecule has 1 aromatic rings. The van der Waals surface area contributed by atoms with Crippen LogP contribution in [0.5, 0.6) is 11.5 Å². The lowest BCUT2D eigenvalue weighted by Crippen LogP contribution is -2.42. The zero-order chi connectivity index (χ0) is 19.1. The maximum atomic E-state index is 12.6. The van der Waals surface area contributed by atoms with E-state index in [0.29, 0.717) is 0 Å². The van der Waals surface area contributed by atoms with Gasteiger partial charge in [-0.05, 0) is 43.9 Å². The van der Waals surface area contributed by atoms with Gasteiger partial charge in [-0.25, -0.2) is 9.69 Å². The maximum absolute atomic E-state index is 12.6. The normalized spacial score (nSPS) is 23.5. The average Bonchev–Trinajstić information content (AvgIpc) is 3.36. The number of ether oxygens (including phenoxy) is 2. The Morgan fingerprint density at radius 3 is 2.48 bits per heavy atom. The molecule has 2 aliphatic heterocycles. The zero-order valence-electron chi connectivity index (χ0n) is 15.5. The summed E-state index contributed by atoms with van der Waals surface area (Å²) in [6.07, 6.45) is 3.37. The number of carbonyl (C=O) groups excluding carboxylic acids is 3. The van der Waals surface area contributed by atoms with E-state index in [9.17, 15) is 14.4 Å². The molecule has 27 heavy (non-hydrogen) atoms. The number of rotatable bonds is 6. The van der Waals surface area contributed by atoms with E-state index in [1.54, 1.807) is 14.2 Å². The summed E-state index contributed by atoms with van der Waals surface area (Å²) in [6.45, 7) is 0.845. The third kappa shape index (κ3) is 3.03. The molecule has 8 nitrogen and oxygen atoms in total. The third-order valence-electron chi connectivity index (χ3n) is 5.48. The lowest BCUT2D eigenvalue weighted by molar-refractivity contribution is -0.144. The molecule has 0 spiro atoms. The van der Waals surface area contributed by atoms with Gasteiger partial charge in [0, 0.05) is 24.2 Å². The van der Waals surface area contributed by atoms with Crippen LogP contribution in [-0.2, 0) is 9.59 Å². The molecule has 144 valence electrons. The van der Waals surface area contributed by atoms with Crippen molar-refractivity contribution in [1.82, 2.24) is 14.7 Å². The lowest BCUT2D eigenvalue weighted by Gasteiger charge is -2.29. The van der Waals surface area contributed by atoms with Gasteiger partial charge >= 0.3 is 17.8 Å². The molecule has 1 saturated carbocycles. The molecule has 1 atom stereocenters. The van der Waals surface area contributed by atoms with Crippen LogP contribution < -0.4 is 9.47 Å². The summed E-state index contributed by atoms with van der Waals surface area (Å²) in [7, 11) is 3.22. The second kappa shape index (κ2) is 6.84. The molecule has 0 aromatic heterocycles. The van der Waals surface area contributed by atoms with Crippen molar-refractivity contribution in [3.8, 4) is 11.5 Å². The number of methoxy groups -OCH3 is 2. The Morgan fingerprint density at radius 1 is 1.04 bits per heavy atom. The molecule has 4 rings (SSSR count). The lowest BCUT2D eigenvalue weighted by atomic mass is 10.0. The topological polar surface area (TPSA) is 79.4 Å². The van der Waals surface area contributed by atoms with Gasteiger partial charge in [0.05, 0.1) is 20.9 Å². The fraction of sp³-hybridized carbons (Fsp3) is 0.526. The van der Waals surface area contributed by atoms with Crippen molar-refractivity contribution in [1.29, 1.82) is 0 Å². The van der Waals surface area contributed by atoms with Crippen LogP contribution in [0.2, 0.25) is 0 Å². The molecule has 8 heteroatoms. The molecule has 1 aromatic carbocycles. The minimum Gasteiger partial charge on any atom is -0.497 e. The number of urea groups is 1. The minimum absolute atomic E-state index is 0.0132. The fourth-order valence-electron chi connectivity index (χ4n) is 3.93. The molecule has 0 radical (unpaired) electrons. The van der Waals surface area contributed by atoms with E-state index >= 15 is 0 Å². The van der Waals surface area contributed by atoms with Crippen molar-refractivity contribution in [3.63, 3.8) is 0 Å². The predicted molar refractivity (Wildman–Crippen MR) is 95.2 cm³/mol. The number of likely N-dealkylation sites (tertiary alicyclic amines) is 1. The molecule has 1 aliphatic carbocycles. The van der Waals surface area contributed by atoms with Crippen LogP contribution in [0.25, 0.3) is 0 Å². The first kappa shape index (κ1) is 17.8. The summed E-state index contributed by atoms with van der Waals surface area (Å²) in [5.41, 5.74) is 0.957. The summed E-state index contributed by atoms with van der Waals surface area (Å²) in [5, 5.41) is 0. The quantitative estimate of drug-likeness (QED) is 0.558. The summed E-state index contributed by atoms with van der Waals surface area (Å²) >= 11 is 0. The Balaban J connectivity index is 1.57. The molecule has 3 fully saturated rings. The number of imide groups is 2. The monoisotopic (exact) mass is 373 g/mol. The first-order chi connectivity index (χ1) is 13.0. The largest absolute Gasteiger partial charge is 0.497 e. The standard InChI is InChI=1S/C19H23N3O5/c1-26-13-7-8-16(27-2)14(10-13)15-4-3-9-20(15)11-21-17(23)18(24)22(19(21)25)12-5-6-12/h7-8,10,12,15H,3-6,9,11H2,1-2H3. The molecule has 1 unspecified atom stereocenters. The van der Waals surface area contributed by atoms with Gasteiger partial charge in [0.25, 0.3) is 0 Å². The minimum atomic E-state index is -0.727. The number of benzene rings is 1. The third-order valence-corrected chi connectivity index (χ3v) is 5.48. The summed E-state index contributed by atoms with van der Waals surface area (Å²) in [6, 6.07) is 5.01. The van der Waals surface area contributed by atoms with Gasteiger partial charge in [0.1, 0.15) is 11.5 Å². The highest BCUT2D eigenvalue weighted by Gasteiger charge is 2.51. The molecule has 2 saturated heterocycles. The molecular formula is C19H23N3O5. The van der Waals surface area contributed by atoms with Crippen LogP contribution in [0.3, 0.4) is 0 Å². The van der Waals surface area contributed by atoms with Crippen molar-refractivity contribution >= 4 is 17.8 Å². The van der Waals surface area contributed by atoms with Crippen molar-refractivity contribution in [3.05, 3.63) is 23.8 Å². The van der Waals surface area contributed by atoms with E-state index in [-0.39, 0.29) is 18.8 Å². The highest BCUT2D eigenvalue weighted by molar-refractivity contribution is 6.44. The van der Waals surface area contributed by atoms with Crippen LogP contribution in [0.4, 0.5) is 4.79 Å². The summed E-state index contributed by atoms with van der Waals surface area (Å²) in [5.74, 6) is 0.0379. The molecule has 3 aliphatic rings. The maximum Gasteiger partial charge on any atom is 0.335 e. The SMILES string of the molecule is COc1ccc(OC)c(C2CCCN2CN2C(=O)C(=O)N(C3CC3)C2=O)c1. The van der Waals surface area contributed by atoms with E-state index in [2.05, 4.69) is 4.90 Å². The van der Waals surface area contributed by atoms with Gasteiger partial charge in [0.15, 0.2) is 0 Å². The summed E-state index contributed by atoms with van der Waals surface area (Å²) in [4.78, 5) is 41.4. The van der Waals surface area contributed by atoms with Crippen molar-refractivity contribution < 1.29 is 23.9 Å². The zero-order valence-corrected chi connectivity index (χ0v) is 15.5. The number of carbonyl (C=O) groups is 3. The highest BCUT2D eigenvalue weighted by atomic mass is 16.5. The van der Waals surface area contributed by atoms with Gasteiger partial charge < -0.3 is 9.47 Å². The van der Waals surface area contributed by atoms with E-state index in [1.807, 2.05) is 18.2 Å². The second-order valence-corrected chi connectivity index (χ2v) is 7.14. The van der Waals surface area contributed by atoms with Crippen LogP contribution in [0, 0.1) is 0 Å². The molecule has 4 amide bonds. The van der Waals surface area contributed by atoms with E-state index in [0.717, 1.165) is 59.1 Å². The van der Waals surface area contributed by atoms with Crippen LogP contribution in [0.1, 0.15) is 37.3 Å². The van der Waals surface area contributed by atoms with E-state index < -0.39 is 17.8 Å². The second-order valence-electron chi connectivity index (χ2n) is 7.14. The Hall–Kier alpha value is -2.61. The molecule has 2 heterocycles. The van der Waals surface area contributed by atoms with E-state index in [1.165, 1.54) is 0 Å². The number of hydrogen-bond donors (Lipinski definition) is 0. The number of hydrogen-bond acceptors (Lipinski definition) is 6. The van der Waals surface area contributed by atoms with Gasteiger partial charge in [-0.1, -0.05) is 0 Å². The van der Waals surface area contributed by atoms with Gasteiger partial charge in [-0.15, -0.1) is 0 Å². The smallest absolute Gasteiger partial charge is 0.335 e. The number of amides is 4. The van der Waals surface area contributed by atoms with Crippen molar-refractivity contribution in [2.75, 3.05) is 27.4 Å². The van der Waals surface area contributed by atoms with Gasteiger partial charge in [-0.2, -0.15) is 0 Å². The Kier molecular flexibility index (Phi) is 4.51. The average molecular weight is 373 g/mol. The van der Waals surface area contributed by atoms with Crippen LogP contribution >= 0.6 is 0 Å².